The van der Waals surface area contributed by atoms with Crippen LogP contribution in [0.5, 0.6) is 11.5 Å². The summed E-state index contributed by atoms with van der Waals surface area (Å²) in [4.78, 5) is 2.50. The summed E-state index contributed by atoms with van der Waals surface area (Å²) in [5, 5.41) is 7.56. The maximum absolute atomic E-state index is 5.56. The lowest BCUT2D eigenvalue weighted by molar-refractivity contribution is 0.193. The van der Waals surface area contributed by atoms with Crippen LogP contribution >= 0.6 is 0 Å². The second-order valence-corrected chi connectivity index (χ2v) is 7.11. The van der Waals surface area contributed by atoms with Crippen LogP contribution in [-0.4, -0.2) is 42.4 Å². The van der Waals surface area contributed by atoms with Gasteiger partial charge in [-0.3, -0.25) is 10.00 Å². The van der Waals surface area contributed by atoms with Gasteiger partial charge < -0.3 is 9.47 Å². The van der Waals surface area contributed by atoms with E-state index in [0.29, 0.717) is 11.8 Å². The van der Waals surface area contributed by atoms with E-state index < -0.39 is 0 Å². The predicted molar refractivity (Wildman–Crippen MR) is 99.5 cm³/mol. The minimum Gasteiger partial charge on any atom is -0.496 e. The van der Waals surface area contributed by atoms with E-state index in [2.05, 4.69) is 28.9 Å². The molecule has 0 aliphatic carbocycles. The molecule has 2 heterocycles. The highest BCUT2D eigenvalue weighted by Crippen LogP contribution is 2.34. The van der Waals surface area contributed by atoms with E-state index in [1.54, 1.807) is 14.2 Å². The number of H-pyrrole nitrogens is 1. The van der Waals surface area contributed by atoms with E-state index in [4.69, 9.17) is 9.47 Å². The minimum absolute atomic E-state index is 0.499. The summed E-state index contributed by atoms with van der Waals surface area (Å²) in [5.41, 5.74) is 3.79. The molecule has 1 aromatic heterocycles. The average Bonchev–Trinajstić information content (AvgIpc) is 3.12. The number of likely N-dealkylation sites (tertiary alicyclic amines) is 1. The highest BCUT2D eigenvalue weighted by atomic mass is 16.5. The summed E-state index contributed by atoms with van der Waals surface area (Å²) in [6.07, 6.45) is 4.39. The Labute approximate surface area is 150 Å². The molecule has 25 heavy (non-hydrogen) atoms. The first-order chi connectivity index (χ1) is 12.1. The number of benzene rings is 1. The number of piperidine rings is 1. The molecule has 0 spiro atoms. The summed E-state index contributed by atoms with van der Waals surface area (Å²) in [5.74, 6) is 2.80. The normalized spacial score (nSPS) is 18.5. The zero-order valence-corrected chi connectivity index (χ0v) is 15.7. The van der Waals surface area contributed by atoms with Gasteiger partial charge in [-0.2, -0.15) is 5.10 Å². The molecule has 0 amide bonds. The maximum Gasteiger partial charge on any atom is 0.127 e. The summed E-state index contributed by atoms with van der Waals surface area (Å²) >= 11 is 0. The van der Waals surface area contributed by atoms with Crippen molar-refractivity contribution in [1.82, 2.24) is 15.1 Å². The van der Waals surface area contributed by atoms with Crippen molar-refractivity contribution in [2.45, 2.75) is 45.1 Å². The fraction of sp³-hybridized carbons (Fsp3) is 0.550. The lowest BCUT2D eigenvalue weighted by atomic mass is 9.89. The van der Waals surface area contributed by atoms with Gasteiger partial charge in [0.2, 0.25) is 0 Å². The number of hydrogen-bond acceptors (Lipinski definition) is 4. The summed E-state index contributed by atoms with van der Waals surface area (Å²) < 4.78 is 11.1. The Bertz CT molecular complexity index is 674. The maximum atomic E-state index is 5.56. The van der Waals surface area contributed by atoms with E-state index in [-0.39, 0.29) is 0 Å². The van der Waals surface area contributed by atoms with Crippen molar-refractivity contribution in [3.8, 4) is 11.5 Å². The van der Waals surface area contributed by atoms with Crippen LogP contribution in [0.15, 0.2) is 24.4 Å². The van der Waals surface area contributed by atoms with Crippen molar-refractivity contribution < 1.29 is 9.47 Å². The molecule has 0 unspecified atom stereocenters. The molecule has 1 fully saturated rings. The van der Waals surface area contributed by atoms with Crippen LogP contribution in [0.2, 0.25) is 0 Å². The SMILES string of the molecule is COc1cccc(OC)c1CN1CCC[C@@H](c2[nH]ncc2C(C)C)C1. The molecular formula is C20H29N3O2. The Kier molecular flexibility index (Phi) is 5.63. The Balaban J connectivity index is 1.78. The molecule has 1 aliphatic heterocycles. The molecule has 1 saturated heterocycles. The molecule has 0 radical (unpaired) electrons. The van der Waals surface area contributed by atoms with Gasteiger partial charge >= 0.3 is 0 Å². The molecule has 1 aliphatic rings. The second-order valence-electron chi connectivity index (χ2n) is 7.11. The Morgan fingerprint density at radius 1 is 1.24 bits per heavy atom. The zero-order valence-electron chi connectivity index (χ0n) is 15.7. The van der Waals surface area contributed by atoms with Gasteiger partial charge in [0, 0.05) is 24.7 Å². The van der Waals surface area contributed by atoms with Gasteiger partial charge in [-0.15, -0.1) is 0 Å². The number of aromatic amines is 1. The Hall–Kier alpha value is -2.01. The molecule has 0 bridgehead atoms. The first kappa shape index (κ1) is 17.8. The van der Waals surface area contributed by atoms with E-state index in [1.165, 1.54) is 24.1 Å². The smallest absolute Gasteiger partial charge is 0.127 e. The molecule has 3 rings (SSSR count). The number of hydrogen-bond donors (Lipinski definition) is 1. The number of methoxy groups -OCH3 is 2. The van der Waals surface area contributed by atoms with Crippen LogP contribution in [0.4, 0.5) is 0 Å². The first-order valence-electron chi connectivity index (χ1n) is 9.09. The van der Waals surface area contributed by atoms with Crippen molar-refractivity contribution >= 4 is 0 Å². The average molecular weight is 343 g/mol. The molecule has 1 N–H and O–H groups in total. The molecule has 1 atom stereocenters. The molecule has 5 heteroatoms. The van der Waals surface area contributed by atoms with Crippen LogP contribution in [0.25, 0.3) is 0 Å². The van der Waals surface area contributed by atoms with Crippen LogP contribution in [0.3, 0.4) is 0 Å². The van der Waals surface area contributed by atoms with E-state index in [0.717, 1.165) is 36.7 Å². The third-order valence-corrected chi connectivity index (χ3v) is 5.15. The van der Waals surface area contributed by atoms with Gasteiger partial charge in [-0.1, -0.05) is 19.9 Å². The van der Waals surface area contributed by atoms with Crippen LogP contribution < -0.4 is 9.47 Å². The lowest BCUT2D eigenvalue weighted by Gasteiger charge is -2.33. The number of nitrogens with one attached hydrogen (secondary N) is 1. The van der Waals surface area contributed by atoms with Crippen molar-refractivity contribution in [3.05, 3.63) is 41.2 Å². The lowest BCUT2D eigenvalue weighted by Crippen LogP contribution is -2.34. The zero-order chi connectivity index (χ0) is 17.8. The van der Waals surface area contributed by atoms with Crippen molar-refractivity contribution in [2.24, 2.45) is 0 Å². The highest BCUT2D eigenvalue weighted by molar-refractivity contribution is 5.44. The second kappa shape index (κ2) is 7.91. The standard InChI is InChI=1S/C20H29N3O2/c1-14(2)16-11-21-22-20(16)15-7-6-10-23(12-15)13-17-18(24-3)8-5-9-19(17)25-4/h5,8-9,11,14-15H,6-7,10,12-13H2,1-4H3,(H,21,22)/t15-/m1/s1. The van der Waals surface area contributed by atoms with Crippen molar-refractivity contribution in [3.63, 3.8) is 0 Å². The van der Waals surface area contributed by atoms with Gasteiger partial charge in [0.25, 0.3) is 0 Å². The summed E-state index contributed by atoms with van der Waals surface area (Å²) in [7, 11) is 3.44. The van der Waals surface area contributed by atoms with E-state index in [1.807, 2.05) is 24.4 Å². The minimum atomic E-state index is 0.499. The fourth-order valence-corrected chi connectivity index (χ4v) is 3.83. The summed E-state index contributed by atoms with van der Waals surface area (Å²) in [6, 6.07) is 5.98. The summed E-state index contributed by atoms with van der Waals surface area (Å²) in [6.45, 7) is 7.43. The number of ether oxygens (including phenoxy) is 2. The van der Waals surface area contributed by atoms with Crippen molar-refractivity contribution in [1.29, 1.82) is 0 Å². The number of nitrogens with zero attached hydrogens (tertiary/aromatic N) is 2. The largest absolute Gasteiger partial charge is 0.496 e. The van der Waals surface area contributed by atoms with Gasteiger partial charge in [-0.05, 0) is 43.0 Å². The van der Waals surface area contributed by atoms with Crippen molar-refractivity contribution in [2.75, 3.05) is 27.3 Å². The van der Waals surface area contributed by atoms with E-state index >= 15 is 0 Å². The fourth-order valence-electron chi connectivity index (χ4n) is 3.83. The molecule has 136 valence electrons. The van der Waals surface area contributed by atoms with Crippen LogP contribution in [0, 0.1) is 0 Å². The van der Waals surface area contributed by atoms with Crippen LogP contribution in [-0.2, 0) is 6.54 Å². The molecule has 2 aromatic rings. The number of rotatable bonds is 6. The third kappa shape index (κ3) is 3.82. The van der Waals surface area contributed by atoms with Gasteiger partial charge in [0.1, 0.15) is 11.5 Å². The van der Waals surface area contributed by atoms with Crippen LogP contribution in [0.1, 0.15) is 55.3 Å². The molecule has 0 saturated carbocycles. The number of aromatic nitrogens is 2. The van der Waals surface area contributed by atoms with E-state index in [9.17, 15) is 0 Å². The molecule has 1 aromatic carbocycles. The topological polar surface area (TPSA) is 50.4 Å². The quantitative estimate of drug-likeness (QED) is 0.863. The monoisotopic (exact) mass is 343 g/mol. The van der Waals surface area contributed by atoms with Gasteiger partial charge in [-0.25, -0.2) is 0 Å². The van der Waals surface area contributed by atoms with Gasteiger partial charge in [0.15, 0.2) is 0 Å². The Morgan fingerprint density at radius 2 is 1.96 bits per heavy atom. The highest BCUT2D eigenvalue weighted by Gasteiger charge is 2.26. The third-order valence-electron chi connectivity index (χ3n) is 5.15. The first-order valence-corrected chi connectivity index (χ1v) is 9.09. The molecule has 5 nitrogen and oxygen atoms in total. The predicted octanol–water partition coefficient (Wildman–Crippen LogP) is 3.93. The Morgan fingerprint density at radius 3 is 2.60 bits per heavy atom. The van der Waals surface area contributed by atoms with Gasteiger partial charge in [0.05, 0.1) is 26.0 Å². The molecular weight excluding hydrogens is 314 g/mol.